The summed E-state index contributed by atoms with van der Waals surface area (Å²) in [6, 6.07) is 12.1. The smallest absolute Gasteiger partial charge is 0.127 e. The average molecular weight is 316 g/mol. The highest BCUT2D eigenvalue weighted by Crippen LogP contribution is 2.40. The van der Waals surface area contributed by atoms with E-state index in [1.807, 2.05) is 24.3 Å². The third-order valence-electron chi connectivity index (χ3n) is 4.79. The van der Waals surface area contributed by atoms with Gasteiger partial charge in [0.2, 0.25) is 0 Å². The molecular formula is C20H25FO2. The first-order chi connectivity index (χ1) is 10.7. The second-order valence-electron chi connectivity index (χ2n) is 6.62. The maximum Gasteiger partial charge on any atom is 0.127 e. The van der Waals surface area contributed by atoms with Crippen LogP contribution in [0.2, 0.25) is 0 Å². The van der Waals surface area contributed by atoms with Gasteiger partial charge in [-0.05, 0) is 55.5 Å². The molecule has 0 spiro atoms. The number of hydrogen-bond donors (Lipinski definition) is 2. The van der Waals surface area contributed by atoms with E-state index in [0.29, 0.717) is 0 Å². The molecule has 0 aliphatic heterocycles. The number of halogens is 1. The van der Waals surface area contributed by atoms with Crippen molar-refractivity contribution in [1.82, 2.24) is 0 Å². The van der Waals surface area contributed by atoms with Crippen LogP contribution in [0, 0.1) is 5.82 Å². The Morgan fingerprint density at radius 1 is 0.870 bits per heavy atom. The lowest BCUT2D eigenvalue weighted by Gasteiger charge is -2.34. The van der Waals surface area contributed by atoms with Crippen LogP contribution < -0.4 is 0 Å². The third-order valence-corrected chi connectivity index (χ3v) is 4.79. The monoisotopic (exact) mass is 316 g/mol. The summed E-state index contributed by atoms with van der Waals surface area (Å²) in [6.45, 7) is 7.63. The van der Waals surface area contributed by atoms with E-state index in [1.54, 1.807) is 19.9 Å². The Morgan fingerprint density at radius 2 is 1.39 bits per heavy atom. The van der Waals surface area contributed by atoms with Gasteiger partial charge in [-0.2, -0.15) is 0 Å². The van der Waals surface area contributed by atoms with Crippen LogP contribution in [-0.4, -0.2) is 10.2 Å². The van der Waals surface area contributed by atoms with Crippen molar-refractivity contribution < 1.29 is 14.6 Å². The van der Waals surface area contributed by atoms with E-state index in [-0.39, 0.29) is 11.2 Å². The minimum Gasteiger partial charge on any atom is -0.508 e. The van der Waals surface area contributed by atoms with Gasteiger partial charge in [-0.1, -0.05) is 38.1 Å². The van der Waals surface area contributed by atoms with Gasteiger partial charge in [0.1, 0.15) is 11.6 Å². The molecule has 2 N–H and O–H groups in total. The summed E-state index contributed by atoms with van der Waals surface area (Å²) in [7, 11) is 0. The zero-order chi connectivity index (χ0) is 17.3. The van der Waals surface area contributed by atoms with Crippen LogP contribution in [0.4, 0.5) is 4.39 Å². The van der Waals surface area contributed by atoms with E-state index in [0.717, 1.165) is 35.6 Å². The molecule has 0 atom stereocenters. The molecule has 3 heteroatoms. The molecule has 2 nitrogen and oxygen atoms in total. The van der Waals surface area contributed by atoms with E-state index in [1.165, 1.54) is 6.07 Å². The highest BCUT2D eigenvalue weighted by Gasteiger charge is 2.32. The molecule has 0 saturated heterocycles. The summed E-state index contributed by atoms with van der Waals surface area (Å²) in [5.41, 5.74) is 1.41. The van der Waals surface area contributed by atoms with Crippen molar-refractivity contribution in [2.24, 2.45) is 0 Å². The SMILES string of the molecule is CCC(CC)(c1ccc(C(C)(C)O)cc1)c1cc(O)cc(F)c1. The summed E-state index contributed by atoms with van der Waals surface area (Å²) in [5, 5.41) is 19.9. The minimum absolute atomic E-state index is 0.0561. The standard InChI is InChI=1S/C20H25FO2/c1-5-20(6-2,16-11-17(21)13-18(22)12-16)15-9-7-14(8-10-15)19(3,4)23/h7-13,22-23H,5-6H2,1-4H3. The fourth-order valence-corrected chi connectivity index (χ4v) is 3.28. The zero-order valence-corrected chi connectivity index (χ0v) is 14.2. The summed E-state index contributed by atoms with van der Waals surface area (Å²) < 4.78 is 13.8. The Balaban J connectivity index is 2.56. The maximum atomic E-state index is 13.8. The number of phenolic OH excluding ortho intramolecular Hbond substituents is 1. The van der Waals surface area contributed by atoms with Crippen LogP contribution in [0.3, 0.4) is 0 Å². The molecule has 0 radical (unpaired) electrons. The Morgan fingerprint density at radius 3 is 1.83 bits per heavy atom. The molecule has 2 rings (SSSR count). The van der Waals surface area contributed by atoms with Crippen molar-refractivity contribution in [3.63, 3.8) is 0 Å². The maximum absolute atomic E-state index is 13.8. The zero-order valence-electron chi connectivity index (χ0n) is 14.2. The summed E-state index contributed by atoms with van der Waals surface area (Å²) in [5.74, 6) is -0.487. The number of phenols is 1. The molecule has 0 heterocycles. The molecule has 0 fully saturated rings. The Hall–Kier alpha value is -1.87. The van der Waals surface area contributed by atoms with Crippen LogP contribution >= 0.6 is 0 Å². The predicted octanol–water partition coefficient (Wildman–Crippen LogP) is 4.86. The number of aliphatic hydroxyl groups is 1. The van der Waals surface area contributed by atoms with Crippen molar-refractivity contribution in [3.8, 4) is 5.75 Å². The summed E-state index contributed by atoms with van der Waals surface area (Å²) >= 11 is 0. The van der Waals surface area contributed by atoms with E-state index in [4.69, 9.17) is 0 Å². The fraction of sp³-hybridized carbons (Fsp3) is 0.400. The van der Waals surface area contributed by atoms with Crippen molar-refractivity contribution >= 4 is 0 Å². The second kappa shape index (κ2) is 6.32. The Labute approximate surface area is 137 Å². The van der Waals surface area contributed by atoms with Crippen LogP contribution in [0.1, 0.15) is 57.2 Å². The van der Waals surface area contributed by atoms with Gasteiger partial charge in [0, 0.05) is 11.5 Å². The lowest BCUT2D eigenvalue weighted by atomic mass is 9.70. The molecular weight excluding hydrogens is 291 g/mol. The number of rotatable bonds is 5. The largest absolute Gasteiger partial charge is 0.508 e. The lowest BCUT2D eigenvalue weighted by molar-refractivity contribution is 0.0785. The van der Waals surface area contributed by atoms with Gasteiger partial charge in [-0.25, -0.2) is 4.39 Å². The van der Waals surface area contributed by atoms with Gasteiger partial charge in [0.05, 0.1) is 5.60 Å². The number of aromatic hydroxyl groups is 1. The molecule has 23 heavy (non-hydrogen) atoms. The minimum atomic E-state index is -0.892. The van der Waals surface area contributed by atoms with Crippen molar-refractivity contribution in [3.05, 3.63) is 65.0 Å². The van der Waals surface area contributed by atoms with Crippen molar-refractivity contribution in [2.75, 3.05) is 0 Å². The first kappa shape index (κ1) is 17.5. The quantitative estimate of drug-likeness (QED) is 0.826. The van der Waals surface area contributed by atoms with Gasteiger partial charge in [0.15, 0.2) is 0 Å². The molecule has 0 saturated carbocycles. The third kappa shape index (κ3) is 3.40. The van der Waals surface area contributed by atoms with Gasteiger partial charge in [-0.15, -0.1) is 0 Å². The van der Waals surface area contributed by atoms with Gasteiger partial charge in [-0.3, -0.25) is 0 Å². The highest BCUT2D eigenvalue weighted by atomic mass is 19.1. The van der Waals surface area contributed by atoms with Gasteiger partial charge >= 0.3 is 0 Å². The number of hydrogen-bond acceptors (Lipinski definition) is 2. The van der Waals surface area contributed by atoms with E-state index < -0.39 is 11.4 Å². The number of benzene rings is 2. The molecule has 2 aromatic rings. The molecule has 0 bridgehead atoms. The molecule has 0 aliphatic carbocycles. The molecule has 0 aliphatic rings. The highest BCUT2D eigenvalue weighted by molar-refractivity contribution is 5.43. The van der Waals surface area contributed by atoms with E-state index in [9.17, 15) is 14.6 Å². The molecule has 0 unspecified atom stereocenters. The normalized spacial score (nSPS) is 12.4. The second-order valence-corrected chi connectivity index (χ2v) is 6.62. The van der Waals surface area contributed by atoms with E-state index >= 15 is 0 Å². The van der Waals surface area contributed by atoms with Gasteiger partial charge < -0.3 is 10.2 Å². The predicted molar refractivity (Wildman–Crippen MR) is 91.1 cm³/mol. The van der Waals surface area contributed by atoms with Crippen molar-refractivity contribution in [2.45, 2.75) is 51.6 Å². The van der Waals surface area contributed by atoms with Crippen LogP contribution in [0.25, 0.3) is 0 Å². The van der Waals surface area contributed by atoms with Crippen molar-refractivity contribution in [1.29, 1.82) is 0 Å². The van der Waals surface area contributed by atoms with Gasteiger partial charge in [0.25, 0.3) is 0 Å². The van der Waals surface area contributed by atoms with Crippen LogP contribution in [0.15, 0.2) is 42.5 Å². The topological polar surface area (TPSA) is 40.5 Å². The summed E-state index contributed by atoms with van der Waals surface area (Å²) in [6.07, 6.45) is 1.57. The summed E-state index contributed by atoms with van der Waals surface area (Å²) in [4.78, 5) is 0. The first-order valence-corrected chi connectivity index (χ1v) is 8.06. The molecule has 0 amide bonds. The van der Waals surface area contributed by atoms with Crippen LogP contribution in [-0.2, 0) is 11.0 Å². The first-order valence-electron chi connectivity index (χ1n) is 8.06. The van der Waals surface area contributed by atoms with E-state index in [2.05, 4.69) is 13.8 Å². The van der Waals surface area contributed by atoms with Crippen LogP contribution in [0.5, 0.6) is 5.75 Å². The average Bonchev–Trinajstić information content (AvgIpc) is 2.48. The Kier molecular flexibility index (Phi) is 4.81. The lowest BCUT2D eigenvalue weighted by Crippen LogP contribution is -2.26. The molecule has 124 valence electrons. The Bertz CT molecular complexity index is 645. The molecule has 0 aromatic heterocycles. The fourth-order valence-electron chi connectivity index (χ4n) is 3.28. The molecule has 2 aromatic carbocycles.